The first-order valence-corrected chi connectivity index (χ1v) is 6.20. The maximum atomic E-state index is 5.85. The minimum atomic E-state index is 0.665. The molecule has 1 fully saturated rings. The second-order valence-corrected chi connectivity index (χ2v) is 4.89. The summed E-state index contributed by atoms with van der Waals surface area (Å²) >= 11 is 0. The lowest BCUT2D eigenvalue weighted by molar-refractivity contribution is 0.459. The number of hydrogen-bond acceptors (Lipinski definition) is 2. The molecule has 0 bridgehead atoms. The topological polar surface area (TPSA) is 40.7 Å². The van der Waals surface area contributed by atoms with Crippen LogP contribution in [0.5, 0.6) is 0 Å². The summed E-state index contributed by atoms with van der Waals surface area (Å²) in [7, 11) is 5.85. The monoisotopic (exact) mass is 225 g/mol. The number of fused-ring (bicyclic) bond motifs is 1. The molecule has 0 atom stereocenters. The number of piperidine rings is 1. The first-order chi connectivity index (χ1) is 8.25. The van der Waals surface area contributed by atoms with Crippen LogP contribution in [0.1, 0.15) is 29.9 Å². The fourth-order valence-electron chi connectivity index (χ4n) is 2.77. The first-order valence-electron chi connectivity index (χ1n) is 6.20. The van der Waals surface area contributed by atoms with Crippen molar-refractivity contribution in [2.45, 2.75) is 25.7 Å². The smallest absolute Gasteiger partial charge is 0.141 e. The number of aromatic nitrogens is 2. The van der Waals surface area contributed by atoms with Gasteiger partial charge in [0.05, 0.1) is 5.52 Å². The maximum absolute atomic E-state index is 5.85. The van der Waals surface area contributed by atoms with Crippen LogP contribution in [-0.4, -0.2) is 31.1 Å². The Morgan fingerprint density at radius 3 is 2.82 bits per heavy atom. The molecular weight excluding hydrogens is 209 g/mol. The van der Waals surface area contributed by atoms with E-state index in [1.165, 1.54) is 24.0 Å². The predicted octanol–water partition coefficient (Wildman–Crippen LogP) is 1.13. The molecule has 0 amide bonds. The van der Waals surface area contributed by atoms with Crippen LogP contribution in [0.4, 0.5) is 0 Å². The van der Waals surface area contributed by atoms with Crippen LogP contribution in [0.3, 0.4) is 0 Å². The average molecular weight is 225 g/mol. The SMILES string of the molecule is [B]c1[nH]nc2cc(C3CCNCC3)c(C)cc12. The van der Waals surface area contributed by atoms with Crippen molar-refractivity contribution in [1.29, 1.82) is 0 Å². The van der Waals surface area contributed by atoms with Crippen LogP contribution in [0.25, 0.3) is 10.9 Å². The Hall–Kier alpha value is -1.29. The van der Waals surface area contributed by atoms with E-state index in [9.17, 15) is 0 Å². The summed E-state index contributed by atoms with van der Waals surface area (Å²) in [4.78, 5) is 0. The van der Waals surface area contributed by atoms with Crippen LogP contribution < -0.4 is 10.9 Å². The Kier molecular flexibility index (Phi) is 2.67. The molecule has 4 heteroatoms. The van der Waals surface area contributed by atoms with Gasteiger partial charge in [0.25, 0.3) is 0 Å². The van der Waals surface area contributed by atoms with E-state index in [1.54, 1.807) is 0 Å². The van der Waals surface area contributed by atoms with E-state index in [0.29, 0.717) is 11.5 Å². The number of benzene rings is 1. The summed E-state index contributed by atoms with van der Waals surface area (Å²) in [5.41, 5.74) is 4.42. The highest BCUT2D eigenvalue weighted by molar-refractivity contribution is 6.37. The Bertz CT molecular complexity index is 541. The molecule has 0 unspecified atom stereocenters. The zero-order valence-electron chi connectivity index (χ0n) is 10.1. The number of hydrogen-bond donors (Lipinski definition) is 2. The number of nitrogens with one attached hydrogen (secondary N) is 2. The number of rotatable bonds is 1. The van der Waals surface area contributed by atoms with E-state index in [1.807, 2.05) is 0 Å². The normalized spacial score (nSPS) is 17.7. The Balaban J connectivity index is 2.06. The zero-order valence-corrected chi connectivity index (χ0v) is 10.1. The van der Waals surface area contributed by atoms with Gasteiger partial charge in [0.2, 0.25) is 0 Å². The van der Waals surface area contributed by atoms with Gasteiger partial charge in [-0.25, -0.2) is 0 Å². The molecule has 3 rings (SSSR count). The van der Waals surface area contributed by atoms with Crippen molar-refractivity contribution in [2.24, 2.45) is 0 Å². The van der Waals surface area contributed by atoms with Crippen molar-refractivity contribution in [2.75, 3.05) is 13.1 Å². The number of H-pyrrole nitrogens is 1. The third-order valence-corrected chi connectivity index (χ3v) is 3.75. The van der Waals surface area contributed by atoms with E-state index in [-0.39, 0.29) is 0 Å². The van der Waals surface area contributed by atoms with Crippen LogP contribution in [0.2, 0.25) is 0 Å². The Morgan fingerprint density at radius 1 is 1.29 bits per heavy atom. The highest BCUT2D eigenvalue weighted by Gasteiger charge is 2.18. The third-order valence-electron chi connectivity index (χ3n) is 3.75. The molecule has 17 heavy (non-hydrogen) atoms. The van der Waals surface area contributed by atoms with Crippen LogP contribution in [0.15, 0.2) is 12.1 Å². The van der Waals surface area contributed by atoms with E-state index in [4.69, 9.17) is 7.85 Å². The summed E-state index contributed by atoms with van der Waals surface area (Å²) in [6.07, 6.45) is 2.43. The summed E-state index contributed by atoms with van der Waals surface area (Å²) in [6.45, 7) is 4.40. The molecule has 1 aromatic carbocycles. The summed E-state index contributed by atoms with van der Waals surface area (Å²) < 4.78 is 0. The Labute approximate surface area is 102 Å². The van der Waals surface area contributed by atoms with E-state index < -0.39 is 0 Å². The second kappa shape index (κ2) is 4.19. The molecule has 2 radical (unpaired) electrons. The van der Waals surface area contributed by atoms with Crippen molar-refractivity contribution in [3.8, 4) is 0 Å². The van der Waals surface area contributed by atoms with Crippen molar-refractivity contribution in [3.05, 3.63) is 23.3 Å². The van der Waals surface area contributed by atoms with Crippen LogP contribution in [-0.2, 0) is 0 Å². The molecular formula is C13H16BN3. The minimum Gasteiger partial charge on any atom is -0.317 e. The maximum Gasteiger partial charge on any atom is 0.141 e. The van der Waals surface area contributed by atoms with Gasteiger partial charge in [0.1, 0.15) is 7.85 Å². The number of nitrogens with zero attached hydrogens (tertiary/aromatic N) is 1. The lowest BCUT2D eigenvalue weighted by Gasteiger charge is -2.24. The van der Waals surface area contributed by atoms with Gasteiger partial charge in [-0.2, -0.15) is 5.10 Å². The Morgan fingerprint density at radius 2 is 2.06 bits per heavy atom. The highest BCUT2D eigenvalue weighted by Crippen LogP contribution is 2.29. The standard InChI is InChI=1S/C13H16BN3/c1-8-6-11-12(16-17-13(11)14)7-10(8)9-2-4-15-5-3-9/h6-7,9,15H,2-5H2,1H3,(H,16,17). The summed E-state index contributed by atoms with van der Waals surface area (Å²) in [6, 6.07) is 4.36. The fourth-order valence-corrected chi connectivity index (χ4v) is 2.77. The molecule has 2 heterocycles. The molecule has 1 saturated heterocycles. The van der Waals surface area contributed by atoms with Gasteiger partial charge in [-0.1, -0.05) is 0 Å². The molecule has 3 nitrogen and oxygen atoms in total. The van der Waals surface area contributed by atoms with E-state index in [0.717, 1.165) is 24.0 Å². The van der Waals surface area contributed by atoms with Gasteiger partial charge < -0.3 is 5.32 Å². The molecule has 0 spiro atoms. The van der Waals surface area contributed by atoms with Crippen LogP contribution in [0, 0.1) is 6.92 Å². The minimum absolute atomic E-state index is 0.665. The lowest BCUT2D eigenvalue weighted by Crippen LogP contribution is -2.26. The average Bonchev–Trinajstić information content (AvgIpc) is 2.71. The molecule has 0 aliphatic carbocycles. The molecule has 2 aromatic rings. The van der Waals surface area contributed by atoms with Gasteiger partial charge in [0.15, 0.2) is 0 Å². The third kappa shape index (κ3) is 1.87. The summed E-state index contributed by atoms with van der Waals surface area (Å²) in [5.74, 6) is 0.665. The quantitative estimate of drug-likeness (QED) is 0.714. The van der Waals surface area contributed by atoms with Crippen molar-refractivity contribution in [3.63, 3.8) is 0 Å². The van der Waals surface area contributed by atoms with Gasteiger partial charge in [-0.05, 0) is 67.6 Å². The zero-order chi connectivity index (χ0) is 11.8. The number of aryl methyl sites for hydroxylation is 1. The van der Waals surface area contributed by atoms with Crippen molar-refractivity contribution < 1.29 is 0 Å². The fraction of sp³-hybridized carbons (Fsp3) is 0.462. The largest absolute Gasteiger partial charge is 0.317 e. The second-order valence-electron chi connectivity index (χ2n) is 4.89. The van der Waals surface area contributed by atoms with Gasteiger partial charge in [-0.15, -0.1) is 0 Å². The summed E-state index contributed by atoms with van der Waals surface area (Å²) in [5, 5.41) is 11.5. The first kappa shape index (κ1) is 10.8. The van der Waals surface area contributed by atoms with Crippen molar-refractivity contribution in [1.82, 2.24) is 15.5 Å². The number of aromatic amines is 1. The molecule has 0 saturated carbocycles. The van der Waals surface area contributed by atoms with Crippen LogP contribution >= 0.6 is 0 Å². The highest BCUT2D eigenvalue weighted by atomic mass is 15.1. The van der Waals surface area contributed by atoms with Crippen molar-refractivity contribution >= 4 is 24.3 Å². The molecule has 2 N–H and O–H groups in total. The van der Waals surface area contributed by atoms with Gasteiger partial charge in [-0.3, -0.25) is 5.10 Å². The molecule has 1 aromatic heterocycles. The van der Waals surface area contributed by atoms with E-state index >= 15 is 0 Å². The molecule has 1 aliphatic heterocycles. The molecule has 1 aliphatic rings. The lowest BCUT2D eigenvalue weighted by atomic mass is 9.86. The van der Waals surface area contributed by atoms with Gasteiger partial charge >= 0.3 is 0 Å². The van der Waals surface area contributed by atoms with E-state index in [2.05, 4.69) is 34.6 Å². The predicted molar refractivity (Wildman–Crippen MR) is 71.1 cm³/mol. The van der Waals surface area contributed by atoms with Gasteiger partial charge in [0, 0.05) is 5.39 Å². The molecule has 86 valence electrons.